The van der Waals surface area contributed by atoms with Gasteiger partial charge in [-0.3, -0.25) is 4.79 Å². The smallest absolute Gasteiger partial charge is 0.335 e. The van der Waals surface area contributed by atoms with E-state index in [2.05, 4.69) is 0 Å². The summed E-state index contributed by atoms with van der Waals surface area (Å²) in [6.07, 6.45) is 0.503. The first-order chi connectivity index (χ1) is 13.6. The average Bonchev–Trinajstić information content (AvgIpc) is 2.95. The molecule has 0 atom stereocenters. The largest absolute Gasteiger partial charge is 0.487 e. The second-order valence-electron chi connectivity index (χ2n) is 7.49. The molecule has 29 heavy (non-hydrogen) atoms. The van der Waals surface area contributed by atoms with Gasteiger partial charge in [0.2, 0.25) is 0 Å². The molecule has 1 aliphatic heterocycles. The molecule has 154 valence electrons. The summed E-state index contributed by atoms with van der Waals surface area (Å²) in [7, 11) is 1.46. The molecule has 0 unspecified atom stereocenters. The molecule has 0 aliphatic carbocycles. The molecular formula is C21H22FNO6. The van der Waals surface area contributed by atoms with Gasteiger partial charge in [0.05, 0.1) is 17.7 Å². The van der Waals surface area contributed by atoms with Gasteiger partial charge in [0.15, 0.2) is 0 Å². The van der Waals surface area contributed by atoms with Crippen LogP contribution in [-0.4, -0.2) is 52.8 Å². The maximum Gasteiger partial charge on any atom is 0.335 e. The standard InChI is InChI=1S/C21H22FNO6/c1-21(2)11-15-17(8-12(20(26)27)9-18(15)29-21)28-13-4-5-14(16(22)10-13)19(25)23(3)6-7-24/h4-5,8-10,24H,6-7,11H2,1-3H3,(H,26,27). The fourth-order valence-corrected chi connectivity index (χ4v) is 3.18. The lowest BCUT2D eigenvalue weighted by Crippen LogP contribution is -2.30. The molecule has 2 N–H and O–H groups in total. The van der Waals surface area contributed by atoms with Crippen LogP contribution in [0.15, 0.2) is 30.3 Å². The van der Waals surface area contributed by atoms with Crippen LogP contribution in [0.3, 0.4) is 0 Å². The van der Waals surface area contributed by atoms with Crippen molar-refractivity contribution in [3.8, 4) is 17.2 Å². The molecule has 8 heteroatoms. The third kappa shape index (κ3) is 4.32. The van der Waals surface area contributed by atoms with Crippen molar-refractivity contribution in [2.45, 2.75) is 25.9 Å². The Balaban J connectivity index is 1.92. The van der Waals surface area contributed by atoms with E-state index in [9.17, 15) is 19.1 Å². The van der Waals surface area contributed by atoms with Crippen molar-refractivity contribution in [3.05, 3.63) is 52.8 Å². The Morgan fingerprint density at radius 2 is 2.00 bits per heavy atom. The summed E-state index contributed by atoms with van der Waals surface area (Å²) >= 11 is 0. The number of fused-ring (bicyclic) bond motifs is 1. The molecular weight excluding hydrogens is 381 g/mol. The van der Waals surface area contributed by atoms with Crippen LogP contribution in [0.2, 0.25) is 0 Å². The van der Waals surface area contributed by atoms with Gasteiger partial charge in [-0.1, -0.05) is 0 Å². The van der Waals surface area contributed by atoms with Crippen LogP contribution in [0.4, 0.5) is 4.39 Å². The molecule has 1 amide bonds. The van der Waals surface area contributed by atoms with Crippen LogP contribution >= 0.6 is 0 Å². The normalized spacial score (nSPS) is 14.1. The maximum absolute atomic E-state index is 14.5. The Morgan fingerprint density at radius 1 is 1.28 bits per heavy atom. The van der Waals surface area contributed by atoms with Crippen LogP contribution in [-0.2, 0) is 6.42 Å². The highest BCUT2D eigenvalue weighted by Crippen LogP contribution is 2.43. The van der Waals surface area contributed by atoms with Crippen molar-refractivity contribution in [2.24, 2.45) is 0 Å². The van der Waals surface area contributed by atoms with E-state index >= 15 is 0 Å². The summed E-state index contributed by atoms with van der Waals surface area (Å²) in [5.74, 6) is -1.67. The summed E-state index contributed by atoms with van der Waals surface area (Å²) in [6.45, 7) is 3.61. The minimum Gasteiger partial charge on any atom is -0.487 e. The lowest BCUT2D eigenvalue weighted by atomic mass is 10.00. The molecule has 0 radical (unpaired) electrons. The SMILES string of the molecule is CN(CCO)C(=O)c1ccc(Oc2cc(C(=O)O)cc3c2CC(C)(C)O3)cc1F. The predicted molar refractivity (Wildman–Crippen MR) is 102 cm³/mol. The number of rotatable bonds is 6. The Morgan fingerprint density at radius 3 is 2.62 bits per heavy atom. The second-order valence-corrected chi connectivity index (χ2v) is 7.49. The first-order valence-corrected chi connectivity index (χ1v) is 9.04. The van der Waals surface area contributed by atoms with Gasteiger partial charge in [0.25, 0.3) is 5.91 Å². The number of likely N-dealkylation sites (N-methyl/N-ethyl adjacent to an activating group) is 1. The summed E-state index contributed by atoms with van der Waals surface area (Å²) < 4.78 is 26.1. The van der Waals surface area contributed by atoms with Crippen LogP contribution in [0, 0.1) is 5.82 Å². The fourth-order valence-electron chi connectivity index (χ4n) is 3.18. The zero-order valence-electron chi connectivity index (χ0n) is 16.4. The molecule has 3 rings (SSSR count). The van der Waals surface area contributed by atoms with E-state index in [-0.39, 0.29) is 35.8 Å². The van der Waals surface area contributed by atoms with Crippen LogP contribution in [0.1, 0.15) is 40.1 Å². The number of carboxylic acid groups (broad SMARTS) is 1. The molecule has 0 aromatic heterocycles. The Bertz CT molecular complexity index is 972. The molecule has 0 saturated heterocycles. The molecule has 1 heterocycles. The zero-order valence-corrected chi connectivity index (χ0v) is 16.4. The van der Waals surface area contributed by atoms with E-state index in [1.807, 2.05) is 13.8 Å². The lowest BCUT2D eigenvalue weighted by molar-refractivity contribution is 0.0694. The van der Waals surface area contributed by atoms with Gasteiger partial charge in [-0.15, -0.1) is 0 Å². The quantitative estimate of drug-likeness (QED) is 0.770. The third-order valence-corrected chi connectivity index (χ3v) is 4.58. The number of carboxylic acids is 1. The van der Waals surface area contributed by atoms with Crippen molar-refractivity contribution < 1.29 is 33.7 Å². The summed E-state index contributed by atoms with van der Waals surface area (Å²) in [6, 6.07) is 6.61. The molecule has 1 aliphatic rings. The van der Waals surface area contributed by atoms with Gasteiger partial charge in [0, 0.05) is 31.6 Å². The number of aliphatic hydroxyl groups excluding tert-OH is 1. The number of halogens is 1. The number of aliphatic hydroxyl groups is 1. The van der Waals surface area contributed by atoms with E-state index in [1.165, 1.54) is 36.2 Å². The average molecular weight is 403 g/mol. The lowest BCUT2D eigenvalue weighted by Gasteiger charge is -2.17. The van der Waals surface area contributed by atoms with E-state index in [0.717, 1.165) is 6.07 Å². The fraction of sp³-hybridized carbons (Fsp3) is 0.333. The van der Waals surface area contributed by atoms with Gasteiger partial charge in [-0.2, -0.15) is 0 Å². The van der Waals surface area contributed by atoms with E-state index in [1.54, 1.807) is 0 Å². The van der Waals surface area contributed by atoms with E-state index in [4.69, 9.17) is 14.6 Å². The summed E-state index contributed by atoms with van der Waals surface area (Å²) in [5.41, 5.74) is 0.0241. The number of carbonyl (C=O) groups is 2. The van der Waals surface area contributed by atoms with Gasteiger partial charge >= 0.3 is 5.97 Å². The zero-order chi connectivity index (χ0) is 21.3. The number of amides is 1. The molecule has 0 spiro atoms. The van der Waals surface area contributed by atoms with Gasteiger partial charge in [0.1, 0.15) is 28.7 Å². The highest BCUT2D eigenvalue weighted by Gasteiger charge is 2.34. The van der Waals surface area contributed by atoms with Gasteiger partial charge in [-0.05, 0) is 38.1 Å². The predicted octanol–water partition coefficient (Wildman–Crippen LogP) is 3.09. The van der Waals surface area contributed by atoms with Crippen molar-refractivity contribution in [2.75, 3.05) is 20.2 Å². The number of hydrogen-bond acceptors (Lipinski definition) is 5. The van der Waals surface area contributed by atoms with Crippen molar-refractivity contribution in [1.82, 2.24) is 4.90 Å². The maximum atomic E-state index is 14.5. The van der Waals surface area contributed by atoms with E-state index in [0.29, 0.717) is 17.7 Å². The Labute approximate surface area is 167 Å². The number of aromatic carboxylic acids is 1. The first-order valence-electron chi connectivity index (χ1n) is 9.04. The molecule has 7 nitrogen and oxygen atoms in total. The molecule has 0 bridgehead atoms. The van der Waals surface area contributed by atoms with Gasteiger partial charge in [-0.25, -0.2) is 9.18 Å². The van der Waals surface area contributed by atoms with Crippen LogP contribution in [0.25, 0.3) is 0 Å². The summed E-state index contributed by atoms with van der Waals surface area (Å²) in [4.78, 5) is 24.9. The van der Waals surface area contributed by atoms with Crippen LogP contribution in [0.5, 0.6) is 17.2 Å². The topological polar surface area (TPSA) is 96.3 Å². The number of hydrogen-bond donors (Lipinski definition) is 2. The minimum atomic E-state index is -1.13. The van der Waals surface area contributed by atoms with Crippen LogP contribution < -0.4 is 9.47 Å². The number of ether oxygens (including phenoxy) is 2. The van der Waals surface area contributed by atoms with Crippen molar-refractivity contribution in [1.29, 1.82) is 0 Å². The molecule has 2 aromatic carbocycles. The number of carbonyl (C=O) groups excluding carboxylic acids is 1. The highest BCUT2D eigenvalue weighted by atomic mass is 19.1. The Hall–Kier alpha value is -3.13. The Kier molecular flexibility index (Phi) is 5.48. The van der Waals surface area contributed by atoms with Gasteiger partial charge < -0.3 is 24.6 Å². The number of benzene rings is 2. The second kappa shape index (κ2) is 7.71. The highest BCUT2D eigenvalue weighted by molar-refractivity contribution is 5.94. The van der Waals surface area contributed by atoms with E-state index < -0.39 is 23.3 Å². The number of nitrogens with zero attached hydrogens (tertiary/aromatic N) is 1. The minimum absolute atomic E-state index is 0.00523. The molecule has 0 saturated carbocycles. The first kappa shape index (κ1) is 20.6. The van der Waals surface area contributed by atoms with Crippen molar-refractivity contribution >= 4 is 11.9 Å². The molecule has 0 fully saturated rings. The molecule has 2 aromatic rings. The van der Waals surface area contributed by atoms with Crippen molar-refractivity contribution in [3.63, 3.8) is 0 Å². The monoisotopic (exact) mass is 403 g/mol. The summed E-state index contributed by atoms with van der Waals surface area (Å²) in [5, 5.41) is 18.3. The third-order valence-electron chi connectivity index (χ3n) is 4.58.